The quantitative estimate of drug-likeness (QED) is 0.880. The zero-order valence-electron chi connectivity index (χ0n) is 8.22. The number of rotatable bonds is 2. The van der Waals surface area contributed by atoms with E-state index < -0.39 is 0 Å². The number of hydrogen-bond donors (Lipinski definition) is 1. The molecule has 0 aliphatic heterocycles. The summed E-state index contributed by atoms with van der Waals surface area (Å²) >= 11 is 7.09. The first kappa shape index (κ1) is 10.9. The maximum atomic E-state index is 4.32. The smallest absolute Gasteiger partial charge is 0.108 e. The number of hydrogen-bond acceptors (Lipinski definition) is 1. The third-order valence-corrected chi connectivity index (χ3v) is 3.80. The molecule has 0 radical (unpaired) electrons. The van der Waals surface area contributed by atoms with Gasteiger partial charge in [0.1, 0.15) is 5.69 Å². The molecule has 0 unspecified atom stereocenters. The first-order valence-electron chi connectivity index (χ1n) is 4.71. The molecule has 0 bridgehead atoms. The number of aryl methyl sites for hydroxylation is 1. The molecule has 0 aliphatic rings. The molecule has 78 valence electrons. The summed E-state index contributed by atoms with van der Waals surface area (Å²) in [6, 6.07) is 8.06. The Morgan fingerprint density at radius 2 is 2.00 bits per heavy atom. The van der Waals surface area contributed by atoms with Gasteiger partial charge in [-0.25, -0.2) is 0 Å². The summed E-state index contributed by atoms with van der Waals surface area (Å²) < 4.78 is 2.11. The van der Waals surface area contributed by atoms with E-state index in [1.54, 1.807) is 0 Å². The van der Waals surface area contributed by atoms with Crippen LogP contribution in [-0.4, -0.2) is 10.2 Å². The lowest BCUT2D eigenvalue weighted by molar-refractivity contribution is 0.973. The van der Waals surface area contributed by atoms with Crippen molar-refractivity contribution in [1.29, 1.82) is 0 Å². The highest BCUT2D eigenvalue weighted by Crippen LogP contribution is 2.33. The summed E-state index contributed by atoms with van der Waals surface area (Å²) in [6.07, 6.45) is 0.942. The molecule has 2 nitrogen and oxygen atoms in total. The predicted molar refractivity (Wildman–Crippen MR) is 68.8 cm³/mol. The molecule has 1 aromatic heterocycles. The molecule has 1 aromatic carbocycles. The lowest BCUT2D eigenvalue weighted by Crippen LogP contribution is -1.80. The molecule has 0 atom stereocenters. The van der Waals surface area contributed by atoms with Gasteiger partial charge in [0, 0.05) is 15.7 Å². The Hall–Kier alpha value is -0.610. The van der Waals surface area contributed by atoms with E-state index in [1.165, 1.54) is 0 Å². The van der Waals surface area contributed by atoms with E-state index in [2.05, 4.69) is 49.0 Å². The minimum Gasteiger partial charge on any atom is -0.281 e. The summed E-state index contributed by atoms with van der Waals surface area (Å²) in [6.45, 7) is 2.10. The van der Waals surface area contributed by atoms with Crippen molar-refractivity contribution in [3.8, 4) is 11.3 Å². The van der Waals surface area contributed by atoms with Gasteiger partial charge in [0.15, 0.2) is 0 Å². The second-order valence-corrected chi connectivity index (χ2v) is 4.85. The third-order valence-electron chi connectivity index (χ3n) is 2.26. The van der Waals surface area contributed by atoms with Crippen molar-refractivity contribution >= 4 is 31.9 Å². The van der Waals surface area contributed by atoms with Crippen LogP contribution in [0.15, 0.2) is 33.2 Å². The van der Waals surface area contributed by atoms with Gasteiger partial charge in [0.2, 0.25) is 0 Å². The summed E-state index contributed by atoms with van der Waals surface area (Å²) in [7, 11) is 0. The second kappa shape index (κ2) is 4.49. The molecule has 15 heavy (non-hydrogen) atoms. The lowest BCUT2D eigenvalue weighted by atomic mass is 10.1. The van der Waals surface area contributed by atoms with Gasteiger partial charge in [-0.1, -0.05) is 41.1 Å². The van der Waals surface area contributed by atoms with Crippen LogP contribution in [0.4, 0.5) is 0 Å². The number of H-pyrrole nitrogens is 1. The van der Waals surface area contributed by atoms with E-state index >= 15 is 0 Å². The highest BCUT2D eigenvalue weighted by atomic mass is 79.9. The number of nitrogens with zero attached hydrogens (tertiary/aromatic N) is 1. The number of aromatic amines is 1. The molecule has 4 heteroatoms. The van der Waals surface area contributed by atoms with Gasteiger partial charge < -0.3 is 0 Å². The molecule has 0 amide bonds. The Labute approximate surface area is 105 Å². The van der Waals surface area contributed by atoms with Crippen LogP contribution in [0.3, 0.4) is 0 Å². The van der Waals surface area contributed by atoms with E-state index in [1.807, 2.05) is 24.3 Å². The molecule has 0 saturated carbocycles. The minimum atomic E-state index is 0.942. The largest absolute Gasteiger partial charge is 0.281 e. The standard InChI is InChI=1S/C11H10Br2N2/c1-2-9-10(13)11(15-14-9)7-5-3-4-6-8(7)12/h3-6H,2H2,1H3,(H,14,15). The zero-order valence-corrected chi connectivity index (χ0v) is 11.4. The van der Waals surface area contributed by atoms with Crippen LogP contribution in [0.5, 0.6) is 0 Å². The van der Waals surface area contributed by atoms with Gasteiger partial charge in [-0.05, 0) is 28.4 Å². The average Bonchev–Trinajstić information content (AvgIpc) is 2.60. The lowest BCUT2D eigenvalue weighted by Gasteiger charge is -2.00. The number of halogens is 2. The van der Waals surface area contributed by atoms with Crippen LogP contribution in [0.25, 0.3) is 11.3 Å². The molecule has 0 saturated heterocycles. The van der Waals surface area contributed by atoms with E-state index in [4.69, 9.17) is 0 Å². The minimum absolute atomic E-state index is 0.942. The van der Waals surface area contributed by atoms with Crippen molar-refractivity contribution in [1.82, 2.24) is 10.2 Å². The fraction of sp³-hybridized carbons (Fsp3) is 0.182. The van der Waals surface area contributed by atoms with E-state index in [0.717, 1.165) is 32.3 Å². The van der Waals surface area contributed by atoms with Gasteiger partial charge in [-0.3, -0.25) is 5.10 Å². The van der Waals surface area contributed by atoms with Crippen LogP contribution in [0.1, 0.15) is 12.6 Å². The number of aromatic nitrogens is 2. The zero-order chi connectivity index (χ0) is 10.8. The normalized spacial score (nSPS) is 10.6. The highest BCUT2D eigenvalue weighted by Gasteiger charge is 2.12. The summed E-state index contributed by atoms with van der Waals surface area (Å²) in [5, 5.41) is 7.35. The van der Waals surface area contributed by atoms with Crippen molar-refractivity contribution in [2.75, 3.05) is 0 Å². The summed E-state index contributed by atoms with van der Waals surface area (Å²) in [5.41, 5.74) is 3.18. The van der Waals surface area contributed by atoms with E-state index in [-0.39, 0.29) is 0 Å². The van der Waals surface area contributed by atoms with Gasteiger partial charge in [-0.15, -0.1) is 0 Å². The molecule has 2 rings (SSSR count). The monoisotopic (exact) mass is 328 g/mol. The van der Waals surface area contributed by atoms with Gasteiger partial charge in [0.25, 0.3) is 0 Å². The Bertz CT molecular complexity index is 477. The molecule has 0 fully saturated rings. The molecule has 0 spiro atoms. The summed E-state index contributed by atoms with van der Waals surface area (Å²) in [5.74, 6) is 0. The maximum absolute atomic E-state index is 4.32. The van der Waals surface area contributed by atoms with Crippen LogP contribution >= 0.6 is 31.9 Å². The predicted octanol–water partition coefficient (Wildman–Crippen LogP) is 4.16. The Balaban J connectivity index is 2.55. The van der Waals surface area contributed by atoms with Crippen molar-refractivity contribution in [3.63, 3.8) is 0 Å². The average molecular weight is 330 g/mol. The van der Waals surface area contributed by atoms with Crippen molar-refractivity contribution in [2.24, 2.45) is 0 Å². The fourth-order valence-electron chi connectivity index (χ4n) is 1.43. The number of benzene rings is 1. The Morgan fingerprint density at radius 3 is 2.60 bits per heavy atom. The van der Waals surface area contributed by atoms with Crippen LogP contribution in [0, 0.1) is 0 Å². The van der Waals surface area contributed by atoms with Gasteiger partial charge >= 0.3 is 0 Å². The van der Waals surface area contributed by atoms with Crippen molar-refractivity contribution in [3.05, 3.63) is 38.9 Å². The van der Waals surface area contributed by atoms with Crippen molar-refractivity contribution < 1.29 is 0 Å². The Morgan fingerprint density at radius 1 is 1.27 bits per heavy atom. The van der Waals surface area contributed by atoms with Gasteiger partial charge in [-0.2, -0.15) is 5.10 Å². The summed E-state index contributed by atoms with van der Waals surface area (Å²) in [4.78, 5) is 0. The molecular formula is C11H10Br2N2. The van der Waals surface area contributed by atoms with Crippen LogP contribution < -0.4 is 0 Å². The van der Waals surface area contributed by atoms with E-state index in [0.29, 0.717) is 0 Å². The third kappa shape index (κ3) is 2.01. The topological polar surface area (TPSA) is 28.7 Å². The first-order valence-corrected chi connectivity index (χ1v) is 6.30. The number of nitrogens with one attached hydrogen (secondary N) is 1. The molecule has 2 aromatic rings. The second-order valence-electron chi connectivity index (χ2n) is 3.20. The molecule has 1 N–H and O–H groups in total. The van der Waals surface area contributed by atoms with Crippen LogP contribution in [-0.2, 0) is 6.42 Å². The molecular weight excluding hydrogens is 320 g/mol. The van der Waals surface area contributed by atoms with Crippen molar-refractivity contribution in [2.45, 2.75) is 13.3 Å². The van der Waals surface area contributed by atoms with Crippen LogP contribution in [0.2, 0.25) is 0 Å². The van der Waals surface area contributed by atoms with Gasteiger partial charge in [0.05, 0.1) is 4.47 Å². The molecule has 0 aliphatic carbocycles. The molecule has 1 heterocycles. The maximum Gasteiger partial charge on any atom is 0.108 e. The van der Waals surface area contributed by atoms with E-state index in [9.17, 15) is 0 Å². The first-order chi connectivity index (χ1) is 7.24. The Kier molecular flexibility index (Phi) is 3.26. The SMILES string of the molecule is CCc1[nH]nc(-c2ccccc2Br)c1Br. The fourth-order valence-corrected chi connectivity index (χ4v) is 2.57. The highest BCUT2D eigenvalue weighted by molar-refractivity contribution is 9.11.